The summed E-state index contributed by atoms with van der Waals surface area (Å²) in [7, 11) is 0. The number of hydrogen-bond acceptors (Lipinski definition) is 1. The van der Waals surface area contributed by atoms with Crippen LogP contribution in [-0.2, 0) is 6.42 Å². The molecule has 7 aromatic rings. The monoisotopic (exact) mass is 628 g/mol. The van der Waals surface area contributed by atoms with Crippen LogP contribution in [0.4, 0.5) is 4.39 Å². The summed E-state index contributed by atoms with van der Waals surface area (Å²) in [4.78, 5) is 0. The fourth-order valence-electron chi connectivity index (χ4n) is 8.25. The van der Waals surface area contributed by atoms with Crippen molar-refractivity contribution in [2.45, 2.75) is 51.5 Å². The van der Waals surface area contributed by atoms with Gasteiger partial charge in [0, 0.05) is 40.1 Å². The van der Waals surface area contributed by atoms with Crippen LogP contribution in [0, 0.1) is 12.7 Å². The first kappa shape index (κ1) is 28.8. The summed E-state index contributed by atoms with van der Waals surface area (Å²) in [6.07, 6.45) is 6.29. The topological polar surface area (TPSA) is 20.9 Å². The highest BCUT2D eigenvalue weighted by atomic mass is 19.1. The summed E-state index contributed by atoms with van der Waals surface area (Å²) in [6, 6.07) is 35.5. The van der Waals surface area contributed by atoms with Crippen LogP contribution in [0.15, 0.2) is 127 Å². The molecule has 4 aromatic carbocycles. The van der Waals surface area contributed by atoms with Gasteiger partial charge in [0.15, 0.2) is 12.4 Å². The average Bonchev–Trinajstić information content (AvgIpc) is 3.50. The summed E-state index contributed by atoms with van der Waals surface area (Å²) in [5.74, 6) is 0.359. The van der Waals surface area contributed by atoms with E-state index >= 15 is 4.39 Å². The van der Waals surface area contributed by atoms with Gasteiger partial charge in [-0.15, -0.1) is 0 Å². The third-order valence-electron chi connectivity index (χ3n) is 10.6. The molecule has 0 saturated heterocycles. The van der Waals surface area contributed by atoms with Gasteiger partial charge in [-0.1, -0.05) is 74.5 Å². The Labute approximate surface area is 280 Å². The van der Waals surface area contributed by atoms with E-state index < -0.39 is 0 Å². The molecular formula is C44H37FN2O+2. The number of aromatic nitrogens is 2. The van der Waals surface area contributed by atoms with Crippen molar-refractivity contribution < 1.29 is 17.9 Å². The summed E-state index contributed by atoms with van der Waals surface area (Å²) >= 11 is 0. The zero-order valence-electron chi connectivity index (χ0n) is 27.5. The number of rotatable bonds is 2. The second-order valence-corrected chi connectivity index (χ2v) is 13.8. The first-order valence-electron chi connectivity index (χ1n) is 17.0. The van der Waals surface area contributed by atoms with Crippen LogP contribution >= 0.6 is 0 Å². The maximum atomic E-state index is 15.6. The van der Waals surface area contributed by atoms with Crippen LogP contribution in [-0.4, -0.2) is 0 Å². The van der Waals surface area contributed by atoms with Gasteiger partial charge in [-0.05, 0) is 78.8 Å². The van der Waals surface area contributed by atoms with Crippen molar-refractivity contribution in [2.24, 2.45) is 0 Å². The Morgan fingerprint density at radius 3 is 2.38 bits per heavy atom. The molecular weight excluding hydrogens is 591 g/mol. The van der Waals surface area contributed by atoms with Crippen molar-refractivity contribution >= 4 is 27.6 Å². The normalized spacial score (nSPS) is 16.8. The average molecular weight is 629 g/mol. The zero-order valence-corrected chi connectivity index (χ0v) is 27.5. The SMILES string of the molecule is C=C1C2C(CCc3ccc4c(oc5c(-c6ccccc6)c(F)ccc54)c3-c3ccc(C)c[n+]31)c1ccccc1-c1cc(C(C)C)cc[n+]12. The maximum Gasteiger partial charge on any atom is 0.249 e. The van der Waals surface area contributed by atoms with Crippen molar-refractivity contribution in [1.29, 1.82) is 0 Å². The Morgan fingerprint density at radius 2 is 1.56 bits per heavy atom. The fraction of sp³-hybridized carbons (Fsp3) is 0.182. The molecule has 2 aliphatic rings. The largest absolute Gasteiger partial charge is 0.454 e. The van der Waals surface area contributed by atoms with E-state index in [0.29, 0.717) is 17.1 Å². The lowest BCUT2D eigenvalue weighted by Gasteiger charge is -2.29. The Balaban J connectivity index is 1.32. The van der Waals surface area contributed by atoms with Crippen LogP contribution in [0.3, 0.4) is 0 Å². The Morgan fingerprint density at radius 1 is 0.812 bits per heavy atom. The van der Waals surface area contributed by atoms with Crippen LogP contribution in [0.5, 0.6) is 0 Å². The predicted molar refractivity (Wildman–Crippen MR) is 191 cm³/mol. The molecule has 5 heterocycles. The minimum absolute atomic E-state index is 0.0147. The first-order chi connectivity index (χ1) is 23.4. The van der Waals surface area contributed by atoms with Gasteiger partial charge in [0.2, 0.25) is 23.1 Å². The van der Waals surface area contributed by atoms with E-state index in [0.717, 1.165) is 57.3 Å². The Hall–Kier alpha value is -5.35. The van der Waals surface area contributed by atoms with Gasteiger partial charge in [-0.3, -0.25) is 0 Å². The number of fused-ring (bicyclic) bond motifs is 13. The van der Waals surface area contributed by atoms with Crippen LogP contribution in [0.1, 0.15) is 60.4 Å². The van der Waals surface area contributed by atoms with Crippen LogP contribution in [0.2, 0.25) is 0 Å². The van der Waals surface area contributed by atoms with Crippen molar-refractivity contribution in [3.63, 3.8) is 0 Å². The van der Waals surface area contributed by atoms with E-state index in [4.69, 9.17) is 11.0 Å². The van der Waals surface area contributed by atoms with Crippen molar-refractivity contribution in [2.75, 3.05) is 0 Å². The molecule has 2 atom stereocenters. The second-order valence-electron chi connectivity index (χ2n) is 13.8. The number of benzene rings is 4. The smallest absolute Gasteiger partial charge is 0.249 e. The van der Waals surface area contributed by atoms with E-state index in [2.05, 4.69) is 103 Å². The summed E-state index contributed by atoms with van der Waals surface area (Å²) in [6.45, 7) is 11.5. The van der Waals surface area contributed by atoms with Crippen molar-refractivity contribution in [3.8, 4) is 33.6 Å². The maximum absolute atomic E-state index is 15.6. The number of allylic oxidation sites excluding steroid dienone is 1. The fourth-order valence-corrected chi connectivity index (χ4v) is 8.25. The second kappa shape index (κ2) is 10.8. The van der Waals surface area contributed by atoms with Gasteiger partial charge >= 0.3 is 0 Å². The molecule has 3 aromatic heterocycles. The lowest BCUT2D eigenvalue weighted by molar-refractivity contribution is -0.727. The Bertz CT molecular complexity index is 2440. The molecule has 0 fully saturated rings. The minimum Gasteiger partial charge on any atom is -0.454 e. The van der Waals surface area contributed by atoms with E-state index in [9.17, 15) is 0 Å². The summed E-state index contributed by atoms with van der Waals surface area (Å²) in [5, 5.41) is 1.90. The number of furan rings is 1. The number of nitrogens with zero attached hydrogens (tertiary/aromatic N) is 2. The standard InChI is InChI=1S/C44H37FN2O/c1-26(2)31-22-23-46-39(24-31)33-13-9-8-12-32(33)34-17-15-30-16-18-35-36-19-20-37(45)40(29-10-6-5-7-11-29)43(36)48-44(35)41(30)38-21-14-27(3)25-47(38)28(4)42(34)46/h5-14,16,18-26,34,42H,4,15,17H2,1-3H3/q+2. The summed E-state index contributed by atoms with van der Waals surface area (Å²) in [5.41, 5.74) is 13.4. The molecule has 0 saturated carbocycles. The third kappa shape index (κ3) is 4.25. The number of halogens is 1. The van der Waals surface area contributed by atoms with Gasteiger partial charge in [-0.25, -0.2) is 4.39 Å². The first-order valence-corrected chi connectivity index (χ1v) is 17.0. The third-order valence-corrected chi connectivity index (χ3v) is 10.6. The molecule has 9 rings (SSSR count). The Kier molecular flexibility index (Phi) is 6.52. The zero-order chi connectivity index (χ0) is 32.7. The molecule has 4 heteroatoms. The van der Waals surface area contributed by atoms with Gasteiger partial charge in [0.1, 0.15) is 17.0 Å². The quantitative estimate of drug-likeness (QED) is 0.175. The molecule has 0 spiro atoms. The van der Waals surface area contributed by atoms with E-state index in [1.807, 2.05) is 36.4 Å². The van der Waals surface area contributed by atoms with E-state index in [1.54, 1.807) is 6.07 Å². The molecule has 3 nitrogen and oxygen atoms in total. The van der Waals surface area contributed by atoms with E-state index in [1.165, 1.54) is 27.9 Å². The van der Waals surface area contributed by atoms with Crippen molar-refractivity contribution in [3.05, 3.63) is 150 Å². The molecule has 0 amide bonds. The van der Waals surface area contributed by atoms with Gasteiger partial charge in [0.05, 0.1) is 17.0 Å². The van der Waals surface area contributed by atoms with E-state index in [-0.39, 0.29) is 17.8 Å². The molecule has 0 aliphatic carbocycles. The lowest BCUT2D eigenvalue weighted by Crippen LogP contribution is -2.53. The molecule has 48 heavy (non-hydrogen) atoms. The predicted octanol–water partition coefficient (Wildman–Crippen LogP) is 10.5. The molecule has 2 unspecified atom stereocenters. The van der Waals surface area contributed by atoms with Gasteiger partial charge in [0.25, 0.3) is 0 Å². The highest BCUT2D eigenvalue weighted by molar-refractivity contribution is 6.13. The minimum atomic E-state index is -0.287. The molecule has 0 radical (unpaired) electrons. The van der Waals surface area contributed by atoms with Gasteiger partial charge in [-0.2, -0.15) is 9.13 Å². The summed E-state index contributed by atoms with van der Waals surface area (Å²) < 4.78 is 27.2. The number of pyridine rings is 2. The van der Waals surface area contributed by atoms with Crippen LogP contribution in [0.25, 0.3) is 61.3 Å². The molecule has 0 bridgehead atoms. The highest BCUT2D eigenvalue weighted by Gasteiger charge is 2.47. The number of hydrogen-bond donors (Lipinski definition) is 0. The molecule has 0 N–H and O–H groups in total. The highest BCUT2D eigenvalue weighted by Crippen LogP contribution is 2.47. The lowest BCUT2D eigenvalue weighted by atomic mass is 9.78. The number of aryl methyl sites for hydroxylation is 2. The van der Waals surface area contributed by atoms with Crippen LogP contribution < -0.4 is 9.13 Å². The molecule has 2 aliphatic heterocycles. The van der Waals surface area contributed by atoms with Gasteiger partial charge < -0.3 is 4.42 Å². The van der Waals surface area contributed by atoms with Crippen molar-refractivity contribution in [1.82, 2.24) is 0 Å². The molecule has 234 valence electrons.